The SMILES string of the molecule is COc1c(C)cnc(CN(C)C(=O)N[C@H]2CCSc3c(F)cccc32)c1C. The summed E-state index contributed by atoms with van der Waals surface area (Å²) in [7, 11) is 3.36. The monoisotopic (exact) mass is 389 g/mol. The van der Waals surface area contributed by atoms with E-state index in [4.69, 9.17) is 4.74 Å². The van der Waals surface area contributed by atoms with Gasteiger partial charge in [0.05, 0.1) is 25.4 Å². The van der Waals surface area contributed by atoms with Gasteiger partial charge in [0, 0.05) is 35.0 Å². The molecule has 2 aromatic rings. The molecular weight excluding hydrogens is 365 g/mol. The minimum Gasteiger partial charge on any atom is -0.496 e. The fraction of sp³-hybridized carbons (Fsp3) is 0.400. The van der Waals surface area contributed by atoms with Crippen molar-refractivity contribution in [2.24, 2.45) is 0 Å². The fourth-order valence-corrected chi connectivity index (χ4v) is 4.46. The van der Waals surface area contributed by atoms with E-state index in [2.05, 4.69) is 10.3 Å². The van der Waals surface area contributed by atoms with Gasteiger partial charge in [-0.15, -0.1) is 11.8 Å². The van der Waals surface area contributed by atoms with Crippen LogP contribution >= 0.6 is 11.8 Å². The number of carbonyl (C=O) groups excluding carboxylic acids is 1. The first-order chi connectivity index (χ1) is 12.9. The predicted molar refractivity (Wildman–Crippen MR) is 105 cm³/mol. The highest BCUT2D eigenvalue weighted by atomic mass is 32.2. The summed E-state index contributed by atoms with van der Waals surface area (Å²) in [6, 6.07) is 4.64. The Morgan fingerprint density at radius 2 is 2.22 bits per heavy atom. The molecule has 1 aromatic carbocycles. The predicted octanol–water partition coefficient (Wildman–Crippen LogP) is 4.22. The minimum atomic E-state index is -0.226. The number of hydrogen-bond acceptors (Lipinski definition) is 4. The van der Waals surface area contributed by atoms with Gasteiger partial charge in [-0.3, -0.25) is 4.98 Å². The third-order valence-corrected chi connectivity index (χ3v) is 5.97. The Hall–Kier alpha value is -2.28. The van der Waals surface area contributed by atoms with Gasteiger partial charge in [-0.05, 0) is 31.9 Å². The van der Waals surface area contributed by atoms with E-state index < -0.39 is 0 Å². The van der Waals surface area contributed by atoms with Gasteiger partial charge in [0.1, 0.15) is 11.6 Å². The maximum Gasteiger partial charge on any atom is 0.317 e. The molecule has 0 aliphatic carbocycles. The van der Waals surface area contributed by atoms with E-state index >= 15 is 0 Å². The number of rotatable bonds is 4. The molecule has 7 heteroatoms. The molecule has 144 valence electrons. The molecule has 0 bridgehead atoms. The zero-order valence-electron chi connectivity index (χ0n) is 16.0. The molecule has 0 radical (unpaired) electrons. The summed E-state index contributed by atoms with van der Waals surface area (Å²) in [5.41, 5.74) is 3.53. The standard InChI is InChI=1S/C20H24FN3O2S/c1-12-10-22-17(13(2)18(12)26-4)11-24(3)20(25)23-16-8-9-27-19-14(16)6-5-7-15(19)21/h5-7,10,16H,8-9,11H2,1-4H3,(H,23,25)/t16-/m0/s1. The van der Waals surface area contributed by atoms with Crippen molar-refractivity contribution >= 4 is 17.8 Å². The summed E-state index contributed by atoms with van der Waals surface area (Å²) >= 11 is 1.50. The summed E-state index contributed by atoms with van der Waals surface area (Å²) in [6.45, 7) is 4.25. The van der Waals surface area contributed by atoms with Gasteiger partial charge in [-0.25, -0.2) is 9.18 Å². The largest absolute Gasteiger partial charge is 0.496 e. The first-order valence-electron chi connectivity index (χ1n) is 8.84. The summed E-state index contributed by atoms with van der Waals surface area (Å²) in [6.07, 6.45) is 2.53. The zero-order valence-corrected chi connectivity index (χ0v) is 16.8. The Balaban J connectivity index is 1.72. The molecule has 0 unspecified atom stereocenters. The lowest BCUT2D eigenvalue weighted by Gasteiger charge is -2.28. The Morgan fingerprint density at radius 1 is 1.44 bits per heavy atom. The van der Waals surface area contributed by atoms with Crippen LogP contribution in [0.1, 0.15) is 34.8 Å². The lowest BCUT2D eigenvalue weighted by atomic mass is 10.0. The smallest absolute Gasteiger partial charge is 0.317 e. The lowest BCUT2D eigenvalue weighted by Crippen LogP contribution is -2.40. The normalized spacial score (nSPS) is 15.8. The van der Waals surface area contributed by atoms with E-state index in [1.54, 1.807) is 31.3 Å². The maximum atomic E-state index is 14.0. The highest BCUT2D eigenvalue weighted by Crippen LogP contribution is 2.37. The van der Waals surface area contributed by atoms with E-state index in [0.29, 0.717) is 11.4 Å². The van der Waals surface area contributed by atoms with Crippen molar-refractivity contribution < 1.29 is 13.9 Å². The van der Waals surface area contributed by atoms with Crippen LogP contribution in [0.5, 0.6) is 5.75 Å². The molecule has 1 N–H and O–H groups in total. The van der Waals surface area contributed by atoms with Crippen LogP contribution in [0.25, 0.3) is 0 Å². The first-order valence-corrected chi connectivity index (χ1v) is 9.82. The maximum absolute atomic E-state index is 14.0. The van der Waals surface area contributed by atoms with Crippen molar-refractivity contribution in [3.63, 3.8) is 0 Å². The Morgan fingerprint density at radius 3 is 2.96 bits per heavy atom. The second-order valence-electron chi connectivity index (χ2n) is 6.70. The lowest BCUT2D eigenvalue weighted by molar-refractivity contribution is 0.201. The highest BCUT2D eigenvalue weighted by molar-refractivity contribution is 7.99. The van der Waals surface area contributed by atoms with Crippen LogP contribution < -0.4 is 10.1 Å². The number of methoxy groups -OCH3 is 1. The van der Waals surface area contributed by atoms with E-state index in [-0.39, 0.29) is 17.9 Å². The number of halogens is 1. The number of benzene rings is 1. The van der Waals surface area contributed by atoms with Gasteiger partial charge >= 0.3 is 6.03 Å². The summed E-state index contributed by atoms with van der Waals surface area (Å²) in [4.78, 5) is 19.4. The summed E-state index contributed by atoms with van der Waals surface area (Å²) < 4.78 is 19.4. The molecule has 0 fully saturated rings. The second kappa shape index (κ2) is 8.17. The second-order valence-corrected chi connectivity index (χ2v) is 7.80. The van der Waals surface area contributed by atoms with Crippen molar-refractivity contribution in [1.29, 1.82) is 0 Å². The van der Waals surface area contributed by atoms with Crippen molar-refractivity contribution in [2.45, 2.75) is 37.8 Å². The Bertz CT molecular complexity index is 859. The summed E-state index contributed by atoms with van der Waals surface area (Å²) in [5.74, 6) is 1.34. The third kappa shape index (κ3) is 4.03. The molecular formula is C20H24FN3O2S. The number of thioether (sulfide) groups is 1. The van der Waals surface area contributed by atoms with Crippen molar-refractivity contribution in [1.82, 2.24) is 15.2 Å². The van der Waals surface area contributed by atoms with Gasteiger partial charge in [0.25, 0.3) is 0 Å². The average molecular weight is 389 g/mol. The molecule has 0 spiro atoms. The average Bonchev–Trinajstić information content (AvgIpc) is 2.65. The number of amides is 2. The van der Waals surface area contributed by atoms with Crippen LogP contribution in [0, 0.1) is 19.7 Å². The molecule has 1 atom stereocenters. The first kappa shape index (κ1) is 19.5. The third-order valence-electron chi connectivity index (χ3n) is 4.81. The number of fused-ring (bicyclic) bond motifs is 1. The van der Waals surface area contributed by atoms with Gasteiger partial charge < -0.3 is 15.0 Å². The molecule has 1 aromatic heterocycles. The van der Waals surface area contributed by atoms with Crippen molar-refractivity contribution in [3.05, 3.63) is 52.6 Å². The topological polar surface area (TPSA) is 54.5 Å². The number of hydrogen-bond donors (Lipinski definition) is 1. The molecule has 0 saturated heterocycles. The van der Waals surface area contributed by atoms with Crippen LogP contribution in [0.4, 0.5) is 9.18 Å². The molecule has 27 heavy (non-hydrogen) atoms. The van der Waals surface area contributed by atoms with E-state index in [1.807, 2.05) is 19.9 Å². The van der Waals surface area contributed by atoms with Gasteiger partial charge in [0.15, 0.2) is 0 Å². The number of nitrogens with zero attached hydrogens (tertiary/aromatic N) is 2. The van der Waals surface area contributed by atoms with Crippen LogP contribution in [-0.2, 0) is 6.54 Å². The van der Waals surface area contributed by atoms with Crippen LogP contribution in [0.3, 0.4) is 0 Å². The molecule has 1 aliphatic rings. The van der Waals surface area contributed by atoms with Crippen molar-refractivity contribution in [2.75, 3.05) is 19.9 Å². The summed E-state index contributed by atoms with van der Waals surface area (Å²) in [5, 5.41) is 3.03. The van der Waals surface area contributed by atoms with E-state index in [0.717, 1.165) is 40.3 Å². The van der Waals surface area contributed by atoms with Crippen molar-refractivity contribution in [3.8, 4) is 5.75 Å². The molecule has 0 saturated carbocycles. The molecule has 5 nitrogen and oxygen atoms in total. The number of carbonyl (C=O) groups is 1. The number of urea groups is 1. The molecule has 3 rings (SSSR count). The molecule has 2 heterocycles. The van der Waals surface area contributed by atoms with E-state index in [1.165, 1.54) is 17.8 Å². The van der Waals surface area contributed by atoms with E-state index in [9.17, 15) is 9.18 Å². The highest BCUT2D eigenvalue weighted by Gasteiger charge is 2.25. The van der Waals surface area contributed by atoms with Gasteiger partial charge in [-0.2, -0.15) is 0 Å². The fourth-order valence-electron chi connectivity index (χ4n) is 3.32. The quantitative estimate of drug-likeness (QED) is 0.850. The minimum absolute atomic E-state index is 0.187. The number of aryl methyl sites for hydroxylation is 1. The van der Waals surface area contributed by atoms with Crippen LogP contribution in [0.2, 0.25) is 0 Å². The Kier molecular flexibility index (Phi) is 5.89. The van der Waals surface area contributed by atoms with Crippen LogP contribution in [-0.4, -0.2) is 35.8 Å². The molecule has 2 amide bonds. The van der Waals surface area contributed by atoms with Gasteiger partial charge in [0.2, 0.25) is 0 Å². The zero-order chi connectivity index (χ0) is 19.6. The number of ether oxygens (including phenoxy) is 1. The number of nitrogens with one attached hydrogen (secondary N) is 1. The Labute approximate surface area is 163 Å². The van der Waals surface area contributed by atoms with Crippen LogP contribution in [0.15, 0.2) is 29.3 Å². The molecule has 1 aliphatic heterocycles. The number of aromatic nitrogens is 1. The number of pyridine rings is 1. The van der Waals surface area contributed by atoms with Gasteiger partial charge in [-0.1, -0.05) is 12.1 Å².